The molecule has 2 aromatic heterocycles. The molecular formula is C26H29ClN4O3. The van der Waals surface area contributed by atoms with Crippen molar-refractivity contribution in [2.45, 2.75) is 51.6 Å². The van der Waals surface area contributed by atoms with Crippen LogP contribution >= 0.6 is 11.6 Å². The van der Waals surface area contributed by atoms with E-state index >= 15 is 0 Å². The van der Waals surface area contributed by atoms with Crippen LogP contribution in [0.2, 0.25) is 5.02 Å². The number of benzene rings is 1. The van der Waals surface area contributed by atoms with Crippen molar-refractivity contribution in [2.75, 3.05) is 6.54 Å². The smallest absolute Gasteiger partial charge is 0.327 e. The lowest BCUT2D eigenvalue weighted by molar-refractivity contribution is -0.150. The topological polar surface area (TPSA) is 90.5 Å². The molecular weight excluding hydrogens is 452 g/mol. The molecule has 1 aliphatic carbocycles. The Labute approximate surface area is 203 Å². The molecule has 34 heavy (non-hydrogen) atoms. The van der Waals surface area contributed by atoms with E-state index in [0.29, 0.717) is 30.5 Å². The van der Waals surface area contributed by atoms with E-state index in [0.717, 1.165) is 55.6 Å². The number of nitrogens with zero attached hydrogens (tertiary/aromatic N) is 3. The van der Waals surface area contributed by atoms with Crippen molar-refractivity contribution in [1.82, 2.24) is 14.5 Å². The van der Waals surface area contributed by atoms with E-state index in [4.69, 9.17) is 17.5 Å². The summed E-state index contributed by atoms with van der Waals surface area (Å²) < 4.78 is 2.25. The molecule has 5 rings (SSSR count). The highest BCUT2D eigenvalue weighted by molar-refractivity contribution is 6.30. The molecule has 1 aliphatic heterocycles. The van der Waals surface area contributed by atoms with Crippen LogP contribution < -0.4 is 5.90 Å². The van der Waals surface area contributed by atoms with Gasteiger partial charge >= 0.3 is 5.97 Å². The molecule has 1 fully saturated rings. The predicted molar refractivity (Wildman–Crippen MR) is 130 cm³/mol. The molecule has 1 saturated carbocycles. The third-order valence-corrected chi connectivity index (χ3v) is 7.63. The van der Waals surface area contributed by atoms with Gasteiger partial charge in [0.1, 0.15) is 5.65 Å². The number of carbonyl (C=O) groups is 2. The van der Waals surface area contributed by atoms with Crippen LogP contribution in [0.25, 0.3) is 11.0 Å². The van der Waals surface area contributed by atoms with Crippen molar-refractivity contribution < 1.29 is 14.4 Å². The van der Waals surface area contributed by atoms with Crippen LogP contribution in [-0.4, -0.2) is 32.9 Å². The Bertz CT molecular complexity index is 1200. The van der Waals surface area contributed by atoms with Gasteiger partial charge < -0.3 is 14.3 Å². The molecule has 0 radical (unpaired) electrons. The first-order valence-electron chi connectivity index (χ1n) is 11.9. The lowest BCUT2D eigenvalue weighted by Crippen LogP contribution is -2.38. The van der Waals surface area contributed by atoms with E-state index < -0.39 is 0 Å². The number of nitrogens with two attached hydrogens (primary N) is 1. The summed E-state index contributed by atoms with van der Waals surface area (Å²) in [5, 5.41) is 1.88. The number of hydrogen-bond acceptors (Lipinski definition) is 5. The lowest BCUT2D eigenvalue weighted by Gasteiger charge is -2.31. The first-order valence-corrected chi connectivity index (χ1v) is 12.3. The maximum absolute atomic E-state index is 13.2. The van der Waals surface area contributed by atoms with E-state index in [-0.39, 0.29) is 17.8 Å². The summed E-state index contributed by atoms with van der Waals surface area (Å²) in [6.45, 7) is 1.99. The van der Waals surface area contributed by atoms with Gasteiger partial charge in [0.15, 0.2) is 0 Å². The summed E-state index contributed by atoms with van der Waals surface area (Å²) in [6, 6.07) is 12.0. The van der Waals surface area contributed by atoms with E-state index in [2.05, 4.69) is 20.5 Å². The van der Waals surface area contributed by atoms with Crippen molar-refractivity contribution in [2.24, 2.45) is 17.7 Å². The maximum Gasteiger partial charge on any atom is 0.327 e. The zero-order valence-corrected chi connectivity index (χ0v) is 19.8. The van der Waals surface area contributed by atoms with Crippen molar-refractivity contribution in [3.8, 4) is 0 Å². The number of pyridine rings is 1. The molecule has 1 amide bonds. The van der Waals surface area contributed by atoms with Gasteiger partial charge in [-0.1, -0.05) is 23.7 Å². The Balaban J connectivity index is 1.32. The third-order valence-electron chi connectivity index (χ3n) is 7.38. The first-order chi connectivity index (χ1) is 16.5. The fourth-order valence-electron chi connectivity index (χ4n) is 5.49. The van der Waals surface area contributed by atoms with Gasteiger partial charge in [-0.3, -0.25) is 9.59 Å². The minimum Gasteiger partial charge on any atom is -0.373 e. The first kappa shape index (κ1) is 22.9. The third kappa shape index (κ3) is 4.55. The molecule has 3 heterocycles. The Kier molecular flexibility index (Phi) is 6.57. The van der Waals surface area contributed by atoms with Gasteiger partial charge in [0.05, 0.1) is 12.5 Å². The monoisotopic (exact) mass is 480 g/mol. The minimum absolute atomic E-state index is 0.134. The number of amides is 1. The second kappa shape index (κ2) is 9.76. The Hall–Kier alpha value is -2.90. The van der Waals surface area contributed by atoms with Gasteiger partial charge in [-0.05, 0) is 73.4 Å². The van der Waals surface area contributed by atoms with Gasteiger partial charge in [-0.2, -0.15) is 5.90 Å². The zero-order valence-electron chi connectivity index (χ0n) is 19.1. The molecule has 0 unspecified atom stereocenters. The van der Waals surface area contributed by atoms with E-state index in [1.165, 1.54) is 10.9 Å². The summed E-state index contributed by atoms with van der Waals surface area (Å²) in [4.78, 5) is 36.0. The van der Waals surface area contributed by atoms with Gasteiger partial charge in [0.25, 0.3) is 0 Å². The van der Waals surface area contributed by atoms with Crippen LogP contribution in [0.4, 0.5) is 0 Å². The quantitative estimate of drug-likeness (QED) is 0.552. The fourth-order valence-corrected chi connectivity index (χ4v) is 5.62. The summed E-state index contributed by atoms with van der Waals surface area (Å²) in [6.07, 6.45) is 6.35. The van der Waals surface area contributed by atoms with Gasteiger partial charge in [0.2, 0.25) is 5.91 Å². The number of fused-ring (bicyclic) bond motifs is 3. The highest BCUT2D eigenvalue weighted by Crippen LogP contribution is 2.34. The number of rotatable bonds is 5. The number of carbonyl (C=O) groups excluding carboxylic acids is 2. The van der Waals surface area contributed by atoms with Gasteiger partial charge in [-0.15, -0.1) is 0 Å². The summed E-state index contributed by atoms with van der Waals surface area (Å²) in [7, 11) is 0. The Morgan fingerprint density at radius 1 is 1.12 bits per heavy atom. The highest BCUT2D eigenvalue weighted by atomic mass is 35.5. The van der Waals surface area contributed by atoms with Crippen LogP contribution in [0.1, 0.15) is 48.9 Å². The summed E-state index contributed by atoms with van der Waals surface area (Å²) in [5.74, 6) is 5.05. The fraction of sp³-hybridized carbons (Fsp3) is 0.423. The molecule has 0 bridgehead atoms. The molecule has 1 aromatic carbocycles. The average Bonchev–Trinajstić information content (AvgIpc) is 3.18. The average molecular weight is 481 g/mol. The molecule has 0 saturated heterocycles. The number of hydrogen-bond donors (Lipinski definition) is 1. The molecule has 0 spiro atoms. The molecule has 2 N–H and O–H groups in total. The van der Waals surface area contributed by atoms with Crippen LogP contribution in [0.15, 0.2) is 42.6 Å². The predicted octanol–water partition coefficient (Wildman–Crippen LogP) is 4.24. The van der Waals surface area contributed by atoms with Crippen LogP contribution in [-0.2, 0) is 33.9 Å². The molecule has 178 valence electrons. The van der Waals surface area contributed by atoms with E-state index in [1.54, 1.807) is 0 Å². The van der Waals surface area contributed by atoms with Crippen LogP contribution in [0.5, 0.6) is 0 Å². The van der Waals surface area contributed by atoms with Crippen molar-refractivity contribution >= 4 is 34.5 Å². The SMILES string of the molecule is NOC(=O)C1CCC(CC(=O)N2CCc3c(n(Cc4ccc(Cl)cc4)c4ncccc34)C2)CC1. The molecule has 8 heteroatoms. The maximum atomic E-state index is 13.2. The highest BCUT2D eigenvalue weighted by Gasteiger charge is 2.31. The van der Waals surface area contributed by atoms with Crippen molar-refractivity contribution in [3.05, 3.63) is 64.4 Å². The largest absolute Gasteiger partial charge is 0.373 e. The van der Waals surface area contributed by atoms with Crippen LogP contribution in [0.3, 0.4) is 0 Å². The number of aromatic nitrogens is 2. The summed E-state index contributed by atoms with van der Waals surface area (Å²) in [5.41, 5.74) is 4.56. The molecule has 0 atom stereocenters. The van der Waals surface area contributed by atoms with Gasteiger partial charge in [0, 0.05) is 41.8 Å². The second-order valence-electron chi connectivity index (χ2n) is 9.44. The lowest BCUT2D eigenvalue weighted by atomic mass is 9.80. The minimum atomic E-state index is -0.338. The van der Waals surface area contributed by atoms with E-state index in [1.807, 2.05) is 41.4 Å². The van der Waals surface area contributed by atoms with E-state index in [9.17, 15) is 9.59 Å². The zero-order chi connectivity index (χ0) is 23.7. The Morgan fingerprint density at radius 3 is 2.62 bits per heavy atom. The van der Waals surface area contributed by atoms with Crippen molar-refractivity contribution in [3.63, 3.8) is 0 Å². The Morgan fingerprint density at radius 2 is 1.88 bits per heavy atom. The van der Waals surface area contributed by atoms with Crippen LogP contribution in [0, 0.1) is 11.8 Å². The van der Waals surface area contributed by atoms with Crippen molar-refractivity contribution in [1.29, 1.82) is 0 Å². The summed E-state index contributed by atoms with van der Waals surface area (Å²) >= 11 is 6.08. The molecule has 3 aromatic rings. The molecule has 7 nitrogen and oxygen atoms in total. The molecule has 2 aliphatic rings. The number of halogens is 1. The standard InChI is InChI=1S/C26H29ClN4O3/c27-20-9-5-18(6-10-20)15-31-23-16-30(13-11-21(23)22-2-1-12-29-25(22)31)24(32)14-17-3-7-19(8-4-17)26(33)34-28/h1-2,5-6,9-10,12,17,19H,3-4,7-8,11,13-16,28H2. The normalized spacial score (nSPS) is 20.2. The second-order valence-corrected chi connectivity index (χ2v) is 9.87. The van der Waals surface area contributed by atoms with Gasteiger partial charge in [-0.25, -0.2) is 4.98 Å².